The predicted octanol–water partition coefficient (Wildman–Crippen LogP) is 3.46. The number of ketones is 1. The molecule has 0 radical (unpaired) electrons. The Hall–Kier alpha value is -2.97. The quantitative estimate of drug-likeness (QED) is 0.573. The summed E-state index contributed by atoms with van der Waals surface area (Å²) in [7, 11) is 0. The maximum Gasteiger partial charge on any atom is 0.416 e. The SMILES string of the molecule is CC(=O)c1c(O)cc(-c2cc(F)cc(C(F)(F)F)c2)n2ncnc12. The van der Waals surface area contributed by atoms with Crippen LogP contribution in [0.4, 0.5) is 17.6 Å². The summed E-state index contributed by atoms with van der Waals surface area (Å²) in [6, 6.07) is 3.02. The largest absolute Gasteiger partial charge is 0.507 e. The van der Waals surface area contributed by atoms with E-state index >= 15 is 0 Å². The van der Waals surface area contributed by atoms with Gasteiger partial charge in [-0.1, -0.05) is 0 Å². The first-order valence-corrected chi connectivity index (χ1v) is 6.63. The average molecular weight is 339 g/mol. The zero-order valence-corrected chi connectivity index (χ0v) is 12.1. The molecule has 3 rings (SSSR count). The van der Waals surface area contributed by atoms with Crippen LogP contribution in [-0.4, -0.2) is 25.5 Å². The molecule has 5 nitrogen and oxygen atoms in total. The number of aromatic nitrogens is 3. The van der Waals surface area contributed by atoms with Crippen LogP contribution in [0.15, 0.2) is 30.6 Å². The first kappa shape index (κ1) is 15.9. The van der Waals surface area contributed by atoms with Gasteiger partial charge in [-0.15, -0.1) is 0 Å². The Balaban J connectivity index is 2.32. The molecule has 0 aliphatic carbocycles. The van der Waals surface area contributed by atoms with Crippen LogP contribution >= 0.6 is 0 Å². The van der Waals surface area contributed by atoms with Crippen molar-refractivity contribution in [2.45, 2.75) is 13.1 Å². The van der Waals surface area contributed by atoms with E-state index in [2.05, 4.69) is 10.1 Å². The van der Waals surface area contributed by atoms with E-state index in [1.165, 1.54) is 6.92 Å². The number of pyridine rings is 1. The summed E-state index contributed by atoms with van der Waals surface area (Å²) in [5, 5.41) is 13.9. The van der Waals surface area contributed by atoms with Crippen molar-refractivity contribution in [3.8, 4) is 17.0 Å². The lowest BCUT2D eigenvalue weighted by atomic mass is 10.0. The van der Waals surface area contributed by atoms with Crippen molar-refractivity contribution in [1.29, 1.82) is 0 Å². The van der Waals surface area contributed by atoms with Gasteiger partial charge in [0.05, 0.1) is 11.3 Å². The van der Waals surface area contributed by atoms with Gasteiger partial charge in [-0.25, -0.2) is 13.9 Å². The molecule has 3 aromatic rings. The van der Waals surface area contributed by atoms with E-state index in [9.17, 15) is 27.5 Å². The molecule has 2 heterocycles. The third kappa shape index (κ3) is 2.57. The topological polar surface area (TPSA) is 67.5 Å². The zero-order valence-electron chi connectivity index (χ0n) is 12.1. The fourth-order valence-corrected chi connectivity index (χ4v) is 2.41. The number of Topliss-reactive ketones (excluding diaryl/α,β-unsaturated/α-hetero) is 1. The molecule has 1 aromatic carbocycles. The molecular weight excluding hydrogens is 330 g/mol. The van der Waals surface area contributed by atoms with Gasteiger partial charge in [-0.05, 0) is 25.1 Å². The van der Waals surface area contributed by atoms with Gasteiger partial charge >= 0.3 is 6.18 Å². The van der Waals surface area contributed by atoms with Crippen LogP contribution in [0.2, 0.25) is 0 Å². The molecule has 0 unspecified atom stereocenters. The third-order valence-corrected chi connectivity index (χ3v) is 3.40. The van der Waals surface area contributed by atoms with Crippen molar-refractivity contribution >= 4 is 11.4 Å². The summed E-state index contributed by atoms with van der Waals surface area (Å²) in [6.07, 6.45) is -3.66. The van der Waals surface area contributed by atoms with Gasteiger partial charge in [0.25, 0.3) is 0 Å². The lowest BCUT2D eigenvalue weighted by molar-refractivity contribution is -0.137. The summed E-state index contributed by atoms with van der Waals surface area (Å²) < 4.78 is 53.3. The number of hydrogen-bond acceptors (Lipinski definition) is 4. The summed E-state index contributed by atoms with van der Waals surface area (Å²) in [5.74, 6) is -2.06. The van der Waals surface area contributed by atoms with Crippen LogP contribution in [0.1, 0.15) is 22.8 Å². The average Bonchev–Trinajstić information content (AvgIpc) is 2.93. The van der Waals surface area contributed by atoms with Crippen LogP contribution in [0.5, 0.6) is 5.75 Å². The van der Waals surface area contributed by atoms with E-state index in [0.717, 1.165) is 29.0 Å². The van der Waals surface area contributed by atoms with Crippen molar-refractivity contribution in [2.24, 2.45) is 0 Å². The Labute approximate surface area is 132 Å². The highest BCUT2D eigenvalue weighted by Crippen LogP contribution is 2.35. The molecule has 0 amide bonds. The van der Waals surface area contributed by atoms with Crippen molar-refractivity contribution in [3.05, 3.63) is 47.5 Å². The van der Waals surface area contributed by atoms with E-state index in [1.807, 2.05) is 0 Å². The maximum atomic E-state index is 13.6. The Bertz CT molecular complexity index is 963. The highest BCUT2D eigenvalue weighted by molar-refractivity contribution is 6.03. The fraction of sp³-hybridized carbons (Fsp3) is 0.133. The van der Waals surface area contributed by atoms with E-state index in [4.69, 9.17) is 0 Å². The lowest BCUT2D eigenvalue weighted by Crippen LogP contribution is -2.07. The van der Waals surface area contributed by atoms with Crippen molar-refractivity contribution < 1.29 is 27.5 Å². The van der Waals surface area contributed by atoms with Crippen LogP contribution in [0, 0.1) is 5.82 Å². The molecule has 2 aromatic heterocycles. The highest BCUT2D eigenvalue weighted by atomic mass is 19.4. The first-order valence-electron chi connectivity index (χ1n) is 6.63. The molecule has 9 heteroatoms. The van der Waals surface area contributed by atoms with Gasteiger partial charge in [-0.3, -0.25) is 4.79 Å². The number of fused-ring (bicyclic) bond motifs is 1. The molecule has 0 atom stereocenters. The second kappa shape index (κ2) is 5.29. The maximum absolute atomic E-state index is 13.6. The number of nitrogens with zero attached hydrogens (tertiary/aromatic N) is 3. The number of alkyl halides is 3. The van der Waals surface area contributed by atoms with Crippen LogP contribution in [-0.2, 0) is 6.18 Å². The Morgan fingerprint density at radius 2 is 1.92 bits per heavy atom. The molecule has 0 fully saturated rings. The number of benzene rings is 1. The highest BCUT2D eigenvalue weighted by Gasteiger charge is 2.32. The molecule has 0 aliphatic heterocycles. The van der Waals surface area contributed by atoms with Crippen LogP contribution in [0.25, 0.3) is 16.9 Å². The molecule has 0 bridgehead atoms. The molecule has 24 heavy (non-hydrogen) atoms. The minimum absolute atomic E-state index is 0.0321. The van der Waals surface area contributed by atoms with E-state index in [-0.39, 0.29) is 22.5 Å². The molecule has 1 N–H and O–H groups in total. The summed E-state index contributed by atoms with van der Waals surface area (Å²) in [4.78, 5) is 15.5. The molecule has 0 saturated carbocycles. The molecule has 124 valence electrons. The van der Waals surface area contributed by atoms with Gasteiger partial charge in [0.1, 0.15) is 23.5 Å². The summed E-state index contributed by atoms with van der Waals surface area (Å²) >= 11 is 0. The Kier molecular flexibility index (Phi) is 3.51. The van der Waals surface area contributed by atoms with E-state index in [1.54, 1.807) is 0 Å². The normalized spacial score (nSPS) is 11.9. The number of rotatable bonds is 2. The third-order valence-electron chi connectivity index (χ3n) is 3.40. The predicted molar refractivity (Wildman–Crippen MR) is 75.1 cm³/mol. The van der Waals surface area contributed by atoms with Crippen molar-refractivity contribution in [3.63, 3.8) is 0 Å². The number of halogens is 4. The van der Waals surface area contributed by atoms with Gasteiger partial charge in [0.2, 0.25) is 0 Å². The zero-order chi connectivity index (χ0) is 17.6. The summed E-state index contributed by atoms with van der Waals surface area (Å²) in [6.45, 7) is 1.20. The van der Waals surface area contributed by atoms with Gasteiger partial charge in [-0.2, -0.15) is 18.3 Å². The van der Waals surface area contributed by atoms with E-state index in [0.29, 0.717) is 6.07 Å². The number of carbonyl (C=O) groups excluding carboxylic acids is 1. The Morgan fingerprint density at radius 3 is 2.54 bits per heavy atom. The molecule has 0 spiro atoms. The second-order valence-corrected chi connectivity index (χ2v) is 5.07. The number of hydrogen-bond donors (Lipinski definition) is 1. The number of aromatic hydroxyl groups is 1. The van der Waals surface area contributed by atoms with Gasteiger partial charge in [0, 0.05) is 11.6 Å². The summed E-state index contributed by atoms with van der Waals surface area (Å²) in [5.41, 5.74) is -1.53. The lowest BCUT2D eigenvalue weighted by Gasteiger charge is -2.12. The molecular formula is C15H9F4N3O2. The fourth-order valence-electron chi connectivity index (χ4n) is 2.41. The number of carbonyl (C=O) groups is 1. The smallest absolute Gasteiger partial charge is 0.416 e. The standard InChI is InChI=1S/C15H9F4N3O2/c1-7(23)13-12(24)5-11(22-14(13)20-6-21-22)8-2-9(15(17,18)19)4-10(16)3-8/h2-6,24H,1H3. The molecule has 0 aliphatic rings. The second-order valence-electron chi connectivity index (χ2n) is 5.07. The van der Waals surface area contributed by atoms with Crippen molar-refractivity contribution in [2.75, 3.05) is 0 Å². The van der Waals surface area contributed by atoms with Crippen LogP contribution in [0.3, 0.4) is 0 Å². The van der Waals surface area contributed by atoms with Gasteiger partial charge in [0.15, 0.2) is 11.4 Å². The van der Waals surface area contributed by atoms with Crippen LogP contribution < -0.4 is 0 Å². The van der Waals surface area contributed by atoms with Gasteiger partial charge < -0.3 is 5.11 Å². The minimum Gasteiger partial charge on any atom is -0.507 e. The monoisotopic (exact) mass is 339 g/mol. The van der Waals surface area contributed by atoms with E-state index < -0.39 is 29.1 Å². The minimum atomic E-state index is -4.74. The molecule has 0 saturated heterocycles. The van der Waals surface area contributed by atoms with Crippen molar-refractivity contribution in [1.82, 2.24) is 14.6 Å². The first-order chi connectivity index (χ1) is 11.2. The Morgan fingerprint density at radius 1 is 1.21 bits per heavy atom.